The summed E-state index contributed by atoms with van der Waals surface area (Å²) in [5.41, 5.74) is 0.113. The summed E-state index contributed by atoms with van der Waals surface area (Å²) in [7, 11) is 0. The Morgan fingerprint density at radius 2 is 2.21 bits per heavy atom. The van der Waals surface area contributed by atoms with Crippen LogP contribution >= 0.6 is 0 Å². The second kappa shape index (κ2) is 5.59. The Labute approximate surface area is 114 Å². The lowest BCUT2D eigenvalue weighted by atomic mass is 9.79. The quantitative estimate of drug-likeness (QED) is 0.901. The molecule has 1 atom stereocenters. The van der Waals surface area contributed by atoms with Gasteiger partial charge in [-0.2, -0.15) is 4.98 Å². The molecule has 1 N–H and O–H groups in total. The summed E-state index contributed by atoms with van der Waals surface area (Å²) in [5.74, 6) is 2.24. The van der Waals surface area contributed by atoms with E-state index in [0.717, 1.165) is 69.9 Å². The van der Waals surface area contributed by atoms with E-state index in [2.05, 4.69) is 15.5 Å². The average Bonchev–Trinajstić information content (AvgIpc) is 2.87. The average molecular weight is 265 g/mol. The SMILES string of the molecule is CCc1noc(C[C@H]2CCOC3(CCNCC3)C2)n1. The molecule has 0 unspecified atom stereocenters. The van der Waals surface area contributed by atoms with Crippen LogP contribution < -0.4 is 5.32 Å². The number of hydrogen-bond acceptors (Lipinski definition) is 5. The third kappa shape index (κ3) is 2.98. The van der Waals surface area contributed by atoms with Gasteiger partial charge in [-0.25, -0.2) is 0 Å². The molecule has 0 saturated carbocycles. The molecule has 1 aromatic rings. The normalized spacial score (nSPS) is 26.7. The van der Waals surface area contributed by atoms with Crippen molar-refractivity contribution in [2.24, 2.45) is 5.92 Å². The van der Waals surface area contributed by atoms with Gasteiger partial charge in [0.1, 0.15) is 0 Å². The number of rotatable bonds is 3. The highest BCUT2D eigenvalue weighted by Gasteiger charge is 2.38. The van der Waals surface area contributed by atoms with Gasteiger partial charge in [0, 0.05) is 19.4 Å². The van der Waals surface area contributed by atoms with Gasteiger partial charge in [0.15, 0.2) is 5.82 Å². The van der Waals surface area contributed by atoms with Crippen molar-refractivity contribution in [3.63, 3.8) is 0 Å². The second-order valence-corrected chi connectivity index (χ2v) is 5.80. The summed E-state index contributed by atoms with van der Waals surface area (Å²) >= 11 is 0. The second-order valence-electron chi connectivity index (χ2n) is 5.80. The molecule has 0 aliphatic carbocycles. The highest BCUT2D eigenvalue weighted by Crippen LogP contribution is 2.37. The monoisotopic (exact) mass is 265 g/mol. The van der Waals surface area contributed by atoms with Crippen LogP contribution in [0.15, 0.2) is 4.52 Å². The molecule has 2 aliphatic heterocycles. The summed E-state index contributed by atoms with van der Waals surface area (Å²) in [6.07, 6.45) is 6.26. The Kier molecular flexibility index (Phi) is 3.84. The molecule has 2 fully saturated rings. The van der Waals surface area contributed by atoms with E-state index in [0.29, 0.717) is 5.92 Å². The zero-order valence-corrected chi connectivity index (χ0v) is 11.7. The molecule has 5 heteroatoms. The van der Waals surface area contributed by atoms with Crippen LogP contribution in [-0.2, 0) is 17.6 Å². The van der Waals surface area contributed by atoms with Crippen LogP contribution in [0.1, 0.15) is 44.3 Å². The van der Waals surface area contributed by atoms with E-state index in [-0.39, 0.29) is 5.60 Å². The molecule has 0 radical (unpaired) electrons. The highest BCUT2D eigenvalue weighted by molar-refractivity contribution is 4.94. The summed E-state index contributed by atoms with van der Waals surface area (Å²) < 4.78 is 11.4. The van der Waals surface area contributed by atoms with E-state index in [1.165, 1.54) is 0 Å². The minimum atomic E-state index is 0.113. The zero-order valence-electron chi connectivity index (χ0n) is 11.7. The maximum Gasteiger partial charge on any atom is 0.226 e. The van der Waals surface area contributed by atoms with Crippen LogP contribution in [0.5, 0.6) is 0 Å². The fourth-order valence-electron chi connectivity index (χ4n) is 3.30. The number of aryl methyl sites for hydroxylation is 1. The van der Waals surface area contributed by atoms with Crippen molar-refractivity contribution in [2.45, 2.75) is 51.0 Å². The molecule has 0 bridgehead atoms. The standard InChI is InChI=1S/C14H23N3O2/c1-2-12-16-13(19-17-12)9-11-3-8-18-14(10-11)4-6-15-7-5-14/h11,15H,2-10H2,1H3/t11-/m1/s1. The Morgan fingerprint density at radius 1 is 1.37 bits per heavy atom. The van der Waals surface area contributed by atoms with E-state index in [4.69, 9.17) is 9.26 Å². The molecular weight excluding hydrogens is 242 g/mol. The fourth-order valence-corrected chi connectivity index (χ4v) is 3.30. The minimum Gasteiger partial charge on any atom is -0.375 e. The Morgan fingerprint density at radius 3 is 2.95 bits per heavy atom. The van der Waals surface area contributed by atoms with Crippen LogP contribution in [0.2, 0.25) is 0 Å². The van der Waals surface area contributed by atoms with Crippen LogP contribution in [0.25, 0.3) is 0 Å². The molecule has 2 saturated heterocycles. The van der Waals surface area contributed by atoms with Gasteiger partial charge in [0.2, 0.25) is 5.89 Å². The number of nitrogens with one attached hydrogen (secondary N) is 1. The van der Waals surface area contributed by atoms with E-state index >= 15 is 0 Å². The molecule has 3 rings (SSSR count). The molecule has 1 aromatic heterocycles. The zero-order chi connectivity index (χ0) is 13.1. The summed E-state index contributed by atoms with van der Waals surface area (Å²) in [5, 5.41) is 7.39. The highest BCUT2D eigenvalue weighted by atomic mass is 16.5. The molecule has 5 nitrogen and oxygen atoms in total. The molecular formula is C14H23N3O2. The van der Waals surface area contributed by atoms with Gasteiger partial charge < -0.3 is 14.6 Å². The van der Waals surface area contributed by atoms with Crippen molar-refractivity contribution >= 4 is 0 Å². The molecule has 2 aliphatic rings. The molecule has 106 valence electrons. The van der Waals surface area contributed by atoms with E-state index < -0.39 is 0 Å². The minimum absolute atomic E-state index is 0.113. The topological polar surface area (TPSA) is 60.2 Å². The molecule has 19 heavy (non-hydrogen) atoms. The van der Waals surface area contributed by atoms with Crippen molar-refractivity contribution in [3.05, 3.63) is 11.7 Å². The van der Waals surface area contributed by atoms with Crippen molar-refractivity contribution in [2.75, 3.05) is 19.7 Å². The molecule has 0 aromatic carbocycles. The Hall–Kier alpha value is -0.940. The van der Waals surface area contributed by atoms with Crippen molar-refractivity contribution in [3.8, 4) is 0 Å². The van der Waals surface area contributed by atoms with Gasteiger partial charge in [-0.1, -0.05) is 12.1 Å². The van der Waals surface area contributed by atoms with Gasteiger partial charge >= 0.3 is 0 Å². The first kappa shape index (κ1) is 13.1. The number of piperidine rings is 1. The van der Waals surface area contributed by atoms with Crippen LogP contribution in [0, 0.1) is 5.92 Å². The van der Waals surface area contributed by atoms with E-state index in [1.54, 1.807) is 0 Å². The van der Waals surface area contributed by atoms with Crippen molar-refractivity contribution in [1.29, 1.82) is 0 Å². The summed E-state index contributed by atoms with van der Waals surface area (Å²) in [6.45, 7) is 5.08. The number of hydrogen-bond donors (Lipinski definition) is 1. The maximum absolute atomic E-state index is 6.09. The first-order valence-electron chi connectivity index (χ1n) is 7.46. The van der Waals surface area contributed by atoms with E-state index in [1.807, 2.05) is 6.92 Å². The third-order valence-corrected chi connectivity index (χ3v) is 4.40. The lowest BCUT2D eigenvalue weighted by Gasteiger charge is -2.43. The van der Waals surface area contributed by atoms with Crippen LogP contribution in [-0.4, -0.2) is 35.4 Å². The van der Waals surface area contributed by atoms with E-state index in [9.17, 15) is 0 Å². The molecule has 0 amide bonds. The number of nitrogens with zero attached hydrogens (tertiary/aromatic N) is 2. The van der Waals surface area contributed by atoms with Gasteiger partial charge in [-0.05, 0) is 44.7 Å². The third-order valence-electron chi connectivity index (χ3n) is 4.40. The predicted octanol–water partition coefficient (Wildman–Crippen LogP) is 1.72. The van der Waals surface area contributed by atoms with Gasteiger partial charge in [0.25, 0.3) is 0 Å². The lowest BCUT2D eigenvalue weighted by Crippen LogP contribution is -2.48. The summed E-state index contributed by atoms with van der Waals surface area (Å²) in [6, 6.07) is 0. The Bertz CT molecular complexity index is 407. The molecule has 1 spiro atoms. The first-order chi connectivity index (χ1) is 9.30. The number of aromatic nitrogens is 2. The Balaban J connectivity index is 1.61. The van der Waals surface area contributed by atoms with Crippen LogP contribution in [0.3, 0.4) is 0 Å². The fraction of sp³-hybridized carbons (Fsp3) is 0.857. The van der Waals surface area contributed by atoms with Gasteiger partial charge in [-0.15, -0.1) is 0 Å². The summed E-state index contributed by atoms with van der Waals surface area (Å²) in [4.78, 5) is 4.43. The van der Waals surface area contributed by atoms with Crippen molar-refractivity contribution in [1.82, 2.24) is 15.5 Å². The number of ether oxygens (including phenoxy) is 1. The maximum atomic E-state index is 6.09. The lowest BCUT2D eigenvalue weighted by molar-refractivity contribution is -0.114. The van der Waals surface area contributed by atoms with Crippen molar-refractivity contribution < 1.29 is 9.26 Å². The van der Waals surface area contributed by atoms with Crippen LogP contribution in [0.4, 0.5) is 0 Å². The largest absolute Gasteiger partial charge is 0.375 e. The smallest absolute Gasteiger partial charge is 0.226 e. The molecule has 3 heterocycles. The van der Waals surface area contributed by atoms with Gasteiger partial charge in [-0.3, -0.25) is 0 Å². The van der Waals surface area contributed by atoms with Gasteiger partial charge in [0.05, 0.1) is 5.60 Å². The predicted molar refractivity (Wildman–Crippen MR) is 70.9 cm³/mol. The first-order valence-corrected chi connectivity index (χ1v) is 7.46.